The van der Waals surface area contributed by atoms with Gasteiger partial charge in [-0.1, -0.05) is 41.9 Å². The van der Waals surface area contributed by atoms with Gasteiger partial charge in [0.25, 0.3) is 0 Å². The maximum absolute atomic E-state index is 12.8. The average molecular weight is 369 g/mol. The first-order valence-electron chi connectivity index (χ1n) is 7.82. The summed E-state index contributed by atoms with van der Waals surface area (Å²) in [6.07, 6.45) is -1.97. The minimum Gasteiger partial charge on any atom is -0.328 e. The molecule has 25 heavy (non-hydrogen) atoms. The van der Waals surface area contributed by atoms with Crippen LogP contribution in [0.2, 0.25) is 5.02 Å². The minimum atomic E-state index is -4.50. The molecule has 0 atom stereocenters. The molecule has 2 aromatic rings. The van der Waals surface area contributed by atoms with E-state index in [-0.39, 0.29) is 10.7 Å². The van der Waals surface area contributed by atoms with Gasteiger partial charge in [0, 0.05) is 0 Å². The van der Waals surface area contributed by atoms with Crippen LogP contribution in [0.5, 0.6) is 0 Å². The van der Waals surface area contributed by atoms with Crippen molar-refractivity contribution in [3.8, 4) is 0 Å². The third kappa shape index (κ3) is 3.74. The number of hydrogen-bond acceptors (Lipinski definition) is 1. The standard InChI is InChI=1S/C18H16ClF3N2O/c19-14-8-7-13(18(20,21)22)11-15(14)23-16(25)24-17(9-4-10-17)12-5-2-1-3-6-12/h1-3,5-8,11H,4,9-10H2,(H2,23,24,25). The number of amides is 2. The molecule has 0 aromatic heterocycles. The zero-order valence-corrected chi connectivity index (χ0v) is 13.9. The van der Waals surface area contributed by atoms with Crippen molar-refractivity contribution in [1.29, 1.82) is 0 Å². The lowest BCUT2D eigenvalue weighted by atomic mass is 9.72. The highest BCUT2D eigenvalue weighted by atomic mass is 35.5. The second-order valence-electron chi connectivity index (χ2n) is 6.07. The fourth-order valence-electron chi connectivity index (χ4n) is 2.94. The molecular formula is C18H16ClF3N2O. The Morgan fingerprint density at radius 1 is 1.08 bits per heavy atom. The number of rotatable bonds is 3. The first kappa shape index (κ1) is 17.6. The van der Waals surface area contributed by atoms with Gasteiger partial charge in [-0.3, -0.25) is 0 Å². The van der Waals surface area contributed by atoms with Gasteiger partial charge in [-0.05, 0) is 43.0 Å². The van der Waals surface area contributed by atoms with Crippen LogP contribution in [-0.2, 0) is 11.7 Å². The summed E-state index contributed by atoms with van der Waals surface area (Å²) in [7, 11) is 0. The van der Waals surface area contributed by atoms with Crippen molar-refractivity contribution in [2.45, 2.75) is 31.0 Å². The van der Waals surface area contributed by atoms with Gasteiger partial charge in [-0.25, -0.2) is 4.79 Å². The second-order valence-corrected chi connectivity index (χ2v) is 6.48. The van der Waals surface area contributed by atoms with Gasteiger partial charge >= 0.3 is 12.2 Å². The Morgan fingerprint density at radius 2 is 1.76 bits per heavy atom. The topological polar surface area (TPSA) is 41.1 Å². The van der Waals surface area contributed by atoms with E-state index in [9.17, 15) is 18.0 Å². The van der Waals surface area contributed by atoms with Crippen LogP contribution in [0.3, 0.4) is 0 Å². The molecule has 2 amide bonds. The summed E-state index contributed by atoms with van der Waals surface area (Å²) in [6.45, 7) is 0. The molecule has 0 heterocycles. The third-order valence-corrected chi connectivity index (χ3v) is 4.76. The van der Waals surface area contributed by atoms with Crippen LogP contribution in [0, 0.1) is 0 Å². The van der Waals surface area contributed by atoms with E-state index in [2.05, 4.69) is 10.6 Å². The summed E-state index contributed by atoms with van der Waals surface area (Å²) in [5, 5.41) is 5.37. The molecule has 0 aliphatic heterocycles. The summed E-state index contributed by atoms with van der Waals surface area (Å²) < 4.78 is 38.5. The molecule has 1 aliphatic carbocycles. The Bertz CT molecular complexity index is 774. The van der Waals surface area contributed by atoms with E-state index in [0.717, 1.165) is 43.0 Å². The number of urea groups is 1. The average Bonchev–Trinajstić information content (AvgIpc) is 2.53. The number of benzene rings is 2. The number of carbonyl (C=O) groups excluding carboxylic acids is 1. The van der Waals surface area contributed by atoms with E-state index in [4.69, 9.17) is 11.6 Å². The number of halogens is 4. The first-order valence-corrected chi connectivity index (χ1v) is 8.19. The molecule has 132 valence electrons. The van der Waals surface area contributed by atoms with Crippen molar-refractivity contribution >= 4 is 23.3 Å². The van der Waals surface area contributed by atoms with E-state index in [1.54, 1.807) is 0 Å². The summed E-state index contributed by atoms with van der Waals surface area (Å²) in [4.78, 5) is 12.3. The van der Waals surface area contributed by atoms with Gasteiger partial charge in [-0.2, -0.15) is 13.2 Å². The lowest BCUT2D eigenvalue weighted by Gasteiger charge is -2.43. The Hall–Kier alpha value is -2.21. The molecule has 1 fully saturated rings. The van der Waals surface area contributed by atoms with Gasteiger partial charge in [0.1, 0.15) is 0 Å². The van der Waals surface area contributed by atoms with E-state index in [0.29, 0.717) is 0 Å². The fourth-order valence-corrected chi connectivity index (χ4v) is 3.11. The molecule has 0 bridgehead atoms. The first-order chi connectivity index (χ1) is 11.8. The molecule has 1 saturated carbocycles. The Kier molecular flexibility index (Phi) is 4.64. The van der Waals surface area contributed by atoms with E-state index < -0.39 is 23.3 Å². The van der Waals surface area contributed by atoms with E-state index in [1.807, 2.05) is 30.3 Å². The summed E-state index contributed by atoms with van der Waals surface area (Å²) in [5.74, 6) is 0. The number of carbonyl (C=O) groups is 1. The zero-order chi connectivity index (χ0) is 18.1. The Morgan fingerprint density at radius 3 is 2.32 bits per heavy atom. The van der Waals surface area contributed by atoms with Crippen LogP contribution in [0.25, 0.3) is 0 Å². The Labute approximate surface area is 148 Å². The quantitative estimate of drug-likeness (QED) is 0.731. The molecule has 0 unspecified atom stereocenters. The summed E-state index contributed by atoms with van der Waals surface area (Å²) in [6, 6.07) is 11.8. The number of nitrogens with one attached hydrogen (secondary N) is 2. The molecule has 7 heteroatoms. The number of hydrogen-bond donors (Lipinski definition) is 2. The van der Waals surface area contributed by atoms with Gasteiger partial charge < -0.3 is 10.6 Å². The van der Waals surface area contributed by atoms with Crippen molar-refractivity contribution in [3.05, 3.63) is 64.7 Å². The van der Waals surface area contributed by atoms with Crippen LogP contribution in [0.15, 0.2) is 48.5 Å². The number of alkyl halides is 3. The molecule has 3 nitrogen and oxygen atoms in total. The monoisotopic (exact) mass is 368 g/mol. The smallest absolute Gasteiger partial charge is 0.328 e. The largest absolute Gasteiger partial charge is 0.416 e. The highest BCUT2D eigenvalue weighted by Gasteiger charge is 2.40. The maximum Gasteiger partial charge on any atom is 0.416 e. The third-order valence-electron chi connectivity index (χ3n) is 4.43. The van der Waals surface area contributed by atoms with E-state index >= 15 is 0 Å². The van der Waals surface area contributed by atoms with Crippen molar-refractivity contribution in [3.63, 3.8) is 0 Å². The van der Waals surface area contributed by atoms with Crippen LogP contribution >= 0.6 is 11.6 Å². The molecule has 0 spiro atoms. The summed E-state index contributed by atoms with van der Waals surface area (Å²) in [5.41, 5.74) is -0.448. The highest BCUT2D eigenvalue weighted by molar-refractivity contribution is 6.33. The predicted molar refractivity (Wildman–Crippen MR) is 90.6 cm³/mol. The van der Waals surface area contributed by atoms with Crippen LogP contribution < -0.4 is 10.6 Å². The molecule has 0 radical (unpaired) electrons. The molecule has 3 rings (SSSR count). The number of anilines is 1. The minimum absolute atomic E-state index is 0.0468. The lowest BCUT2D eigenvalue weighted by molar-refractivity contribution is -0.137. The van der Waals surface area contributed by atoms with Crippen LogP contribution in [0.4, 0.5) is 23.7 Å². The summed E-state index contributed by atoms with van der Waals surface area (Å²) >= 11 is 5.92. The predicted octanol–water partition coefficient (Wildman–Crippen LogP) is 5.56. The van der Waals surface area contributed by atoms with Crippen molar-refractivity contribution in [1.82, 2.24) is 5.32 Å². The normalized spacial score (nSPS) is 16.0. The maximum atomic E-state index is 12.8. The Balaban J connectivity index is 1.77. The SMILES string of the molecule is O=C(Nc1cc(C(F)(F)F)ccc1Cl)NC1(c2ccccc2)CCC1. The van der Waals surface area contributed by atoms with Crippen LogP contribution in [-0.4, -0.2) is 6.03 Å². The molecule has 2 aromatic carbocycles. The molecule has 0 saturated heterocycles. The molecule has 1 aliphatic rings. The fraction of sp³-hybridized carbons (Fsp3) is 0.278. The highest BCUT2D eigenvalue weighted by Crippen LogP contribution is 2.41. The van der Waals surface area contributed by atoms with Gasteiger partial charge in [0.05, 0.1) is 21.8 Å². The van der Waals surface area contributed by atoms with Crippen molar-refractivity contribution in [2.24, 2.45) is 0 Å². The van der Waals surface area contributed by atoms with Gasteiger partial charge in [0.15, 0.2) is 0 Å². The van der Waals surface area contributed by atoms with Crippen molar-refractivity contribution < 1.29 is 18.0 Å². The van der Waals surface area contributed by atoms with E-state index in [1.165, 1.54) is 0 Å². The zero-order valence-electron chi connectivity index (χ0n) is 13.2. The van der Waals surface area contributed by atoms with Crippen molar-refractivity contribution in [2.75, 3.05) is 5.32 Å². The van der Waals surface area contributed by atoms with Gasteiger partial charge in [0.2, 0.25) is 0 Å². The second kappa shape index (κ2) is 6.59. The van der Waals surface area contributed by atoms with Gasteiger partial charge in [-0.15, -0.1) is 0 Å². The van der Waals surface area contributed by atoms with Crippen LogP contribution in [0.1, 0.15) is 30.4 Å². The lowest BCUT2D eigenvalue weighted by Crippen LogP contribution is -2.52. The molecule has 2 N–H and O–H groups in total. The molecular weight excluding hydrogens is 353 g/mol.